The summed E-state index contributed by atoms with van der Waals surface area (Å²) in [4.78, 5) is 25.1. The van der Waals surface area contributed by atoms with Crippen LogP contribution in [0.1, 0.15) is 5.56 Å². The van der Waals surface area contributed by atoms with E-state index >= 15 is 0 Å². The lowest BCUT2D eigenvalue weighted by molar-refractivity contribution is -0.118. The van der Waals surface area contributed by atoms with Crippen molar-refractivity contribution in [1.82, 2.24) is 20.5 Å². The number of aromatic amines is 1. The Balaban J connectivity index is 1.78. The minimum Gasteiger partial charge on any atom is -0.351 e. The van der Waals surface area contributed by atoms with Gasteiger partial charge in [0.15, 0.2) is 5.16 Å². The second kappa shape index (κ2) is 7.06. The largest absolute Gasteiger partial charge is 0.351 e. The number of carbonyl (C=O) groups is 1. The van der Waals surface area contributed by atoms with Crippen LogP contribution in [0.4, 0.5) is 0 Å². The number of hydrogen-bond donors (Lipinski definition) is 2. The predicted molar refractivity (Wildman–Crippen MR) is 76.7 cm³/mol. The van der Waals surface area contributed by atoms with Crippen molar-refractivity contribution in [2.45, 2.75) is 11.7 Å². The average molecular weight is 311 g/mol. The standard InChI is InChI=1S/C12H11ClN4O2S/c13-9-3-1-8(2-4-9)5-14-11(19)7-20-12-16-10(18)6-15-17-12/h1-4,6H,5,7H2,(H,14,19)(H,16,17,18). The third-order valence-electron chi connectivity index (χ3n) is 2.30. The first-order valence-electron chi connectivity index (χ1n) is 5.69. The molecule has 1 aromatic carbocycles. The van der Waals surface area contributed by atoms with Gasteiger partial charge in [-0.05, 0) is 17.7 Å². The van der Waals surface area contributed by atoms with Gasteiger partial charge < -0.3 is 5.32 Å². The van der Waals surface area contributed by atoms with E-state index in [0.29, 0.717) is 16.7 Å². The van der Waals surface area contributed by atoms with Gasteiger partial charge in [-0.2, -0.15) is 5.10 Å². The molecule has 0 aliphatic carbocycles. The predicted octanol–water partition coefficient (Wildman–Crippen LogP) is 1.23. The number of carbonyl (C=O) groups excluding carboxylic acids is 1. The highest BCUT2D eigenvalue weighted by molar-refractivity contribution is 7.99. The van der Waals surface area contributed by atoms with Gasteiger partial charge in [-0.3, -0.25) is 14.6 Å². The minimum absolute atomic E-state index is 0.155. The van der Waals surface area contributed by atoms with E-state index in [-0.39, 0.29) is 17.2 Å². The lowest BCUT2D eigenvalue weighted by Gasteiger charge is -2.04. The van der Waals surface area contributed by atoms with E-state index in [1.807, 2.05) is 12.1 Å². The maximum atomic E-state index is 11.6. The van der Waals surface area contributed by atoms with Gasteiger partial charge in [0, 0.05) is 11.6 Å². The zero-order valence-electron chi connectivity index (χ0n) is 10.3. The highest BCUT2D eigenvalue weighted by Gasteiger charge is 2.04. The smallest absolute Gasteiger partial charge is 0.270 e. The fourth-order valence-electron chi connectivity index (χ4n) is 1.35. The van der Waals surface area contributed by atoms with E-state index < -0.39 is 0 Å². The number of thioether (sulfide) groups is 1. The quantitative estimate of drug-likeness (QED) is 0.811. The van der Waals surface area contributed by atoms with E-state index in [1.165, 1.54) is 0 Å². The van der Waals surface area contributed by atoms with Crippen LogP contribution in [0.3, 0.4) is 0 Å². The van der Waals surface area contributed by atoms with Crippen LogP contribution in [0.25, 0.3) is 0 Å². The monoisotopic (exact) mass is 310 g/mol. The molecule has 0 aliphatic heterocycles. The van der Waals surface area contributed by atoms with Gasteiger partial charge in [-0.1, -0.05) is 35.5 Å². The van der Waals surface area contributed by atoms with E-state index in [0.717, 1.165) is 23.5 Å². The molecule has 0 atom stereocenters. The number of nitrogens with zero attached hydrogens (tertiary/aromatic N) is 2. The van der Waals surface area contributed by atoms with Crippen LogP contribution in [0.5, 0.6) is 0 Å². The number of amides is 1. The van der Waals surface area contributed by atoms with Crippen molar-refractivity contribution < 1.29 is 4.79 Å². The second-order valence-electron chi connectivity index (χ2n) is 3.83. The summed E-state index contributed by atoms with van der Waals surface area (Å²) >= 11 is 6.89. The van der Waals surface area contributed by atoms with Crippen molar-refractivity contribution in [3.8, 4) is 0 Å². The Morgan fingerprint density at radius 1 is 1.35 bits per heavy atom. The van der Waals surface area contributed by atoms with Gasteiger partial charge in [-0.15, -0.1) is 5.10 Å². The van der Waals surface area contributed by atoms with Crippen LogP contribution < -0.4 is 10.9 Å². The summed E-state index contributed by atoms with van der Waals surface area (Å²) < 4.78 is 0. The Morgan fingerprint density at radius 3 is 2.80 bits per heavy atom. The number of H-pyrrole nitrogens is 1. The third kappa shape index (κ3) is 4.67. The molecule has 0 radical (unpaired) electrons. The summed E-state index contributed by atoms with van der Waals surface area (Å²) in [5.74, 6) is -0.00108. The molecule has 0 aliphatic rings. The van der Waals surface area contributed by atoms with Crippen molar-refractivity contribution in [2.75, 3.05) is 5.75 Å². The molecule has 0 unspecified atom stereocenters. The van der Waals surface area contributed by atoms with Crippen LogP contribution >= 0.6 is 23.4 Å². The normalized spacial score (nSPS) is 10.2. The summed E-state index contributed by atoms with van der Waals surface area (Å²) in [6, 6.07) is 7.22. The van der Waals surface area contributed by atoms with Crippen molar-refractivity contribution in [3.05, 3.63) is 51.4 Å². The SMILES string of the molecule is O=C(CSc1nncc(=O)[nH]1)NCc1ccc(Cl)cc1. The first kappa shape index (κ1) is 14.5. The molecule has 2 aromatic rings. The van der Waals surface area contributed by atoms with Crippen molar-refractivity contribution in [2.24, 2.45) is 0 Å². The van der Waals surface area contributed by atoms with Gasteiger partial charge >= 0.3 is 0 Å². The van der Waals surface area contributed by atoms with Crippen LogP contribution in [0.2, 0.25) is 5.02 Å². The van der Waals surface area contributed by atoms with E-state index in [9.17, 15) is 9.59 Å². The van der Waals surface area contributed by atoms with E-state index in [2.05, 4.69) is 20.5 Å². The molecule has 6 nitrogen and oxygen atoms in total. The first-order valence-corrected chi connectivity index (χ1v) is 7.06. The molecule has 104 valence electrons. The zero-order chi connectivity index (χ0) is 14.4. The molecular weight excluding hydrogens is 300 g/mol. The summed E-state index contributed by atoms with van der Waals surface area (Å²) in [6.07, 6.45) is 1.07. The molecule has 0 saturated carbocycles. The van der Waals surface area contributed by atoms with Crippen LogP contribution in [-0.4, -0.2) is 26.8 Å². The highest BCUT2D eigenvalue weighted by Crippen LogP contribution is 2.10. The maximum absolute atomic E-state index is 11.6. The fraction of sp³-hybridized carbons (Fsp3) is 0.167. The molecule has 1 heterocycles. The summed E-state index contributed by atoms with van der Waals surface area (Å²) in [5, 5.41) is 10.9. The molecule has 0 spiro atoms. The van der Waals surface area contributed by atoms with Gasteiger partial charge in [0.05, 0.1) is 5.75 Å². The number of halogens is 1. The highest BCUT2D eigenvalue weighted by atomic mass is 35.5. The molecular formula is C12H11ClN4O2S. The Kier molecular flexibility index (Phi) is 5.14. The Morgan fingerprint density at radius 2 is 2.10 bits per heavy atom. The van der Waals surface area contributed by atoms with Gasteiger partial charge in [-0.25, -0.2) is 0 Å². The summed E-state index contributed by atoms with van der Waals surface area (Å²) in [5.41, 5.74) is 0.615. The first-order chi connectivity index (χ1) is 9.63. The molecule has 2 N–H and O–H groups in total. The molecule has 0 fully saturated rings. The van der Waals surface area contributed by atoms with Gasteiger partial charge in [0.2, 0.25) is 5.91 Å². The minimum atomic E-state index is -0.343. The number of aromatic nitrogens is 3. The van der Waals surface area contributed by atoms with Crippen LogP contribution in [0.15, 0.2) is 40.4 Å². The van der Waals surface area contributed by atoms with Crippen LogP contribution in [0, 0.1) is 0 Å². The molecule has 2 rings (SSSR count). The van der Waals surface area contributed by atoms with E-state index in [4.69, 9.17) is 11.6 Å². The van der Waals surface area contributed by atoms with Crippen molar-refractivity contribution in [1.29, 1.82) is 0 Å². The fourth-order valence-corrected chi connectivity index (χ4v) is 2.12. The number of hydrogen-bond acceptors (Lipinski definition) is 5. The Hall–Kier alpha value is -1.86. The van der Waals surface area contributed by atoms with E-state index in [1.54, 1.807) is 12.1 Å². The molecule has 0 saturated heterocycles. The maximum Gasteiger partial charge on any atom is 0.270 e. The molecule has 8 heteroatoms. The zero-order valence-corrected chi connectivity index (χ0v) is 11.9. The van der Waals surface area contributed by atoms with Crippen molar-refractivity contribution in [3.63, 3.8) is 0 Å². The Labute approximate surface area is 124 Å². The molecule has 1 aromatic heterocycles. The summed E-state index contributed by atoms with van der Waals surface area (Å²) in [7, 11) is 0. The lowest BCUT2D eigenvalue weighted by atomic mass is 10.2. The lowest BCUT2D eigenvalue weighted by Crippen LogP contribution is -2.24. The topological polar surface area (TPSA) is 87.7 Å². The van der Waals surface area contributed by atoms with Gasteiger partial charge in [0.25, 0.3) is 5.56 Å². The third-order valence-corrected chi connectivity index (χ3v) is 3.41. The molecule has 0 bridgehead atoms. The van der Waals surface area contributed by atoms with Crippen molar-refractivity contribution >= 4 is 29.3 Å². The molecule has 1 amide bonds. The number of nitrogens with one attached hydrogen (secondary N) is 2. The average Bonchev–Trinajstić information content (AvgIpc) is 2.45. The summed E-state index contributed by atoms with van der Waals surface area (Å²) in [6.45, 7) is 0.424. The van der Waals surface area contributed by atoms with Crippen LogP contribution in [-0.2, 0) is 11.3 Å². The Bertz CT molecular complexity index is 644. The number of rotatable bonds is 5. The van der Waals surface area contributed by atoms with Gasteiger partial charge in [0.1, 0.15) is 6.20 Å². The second-order valence-corrected chi connectivity index (χ2v) is 5.23. The number of benzene rings is 1. The molecule has 20 heavy (non-hydrogen) atoms.